The Morgan fingerprint density at radius 1 is 0.756 bits per heavy atom. The summed E-state index contributed by atoms with van der Waals surface area (Å²) >= 11 is 0. The molecule has 2 N–H and O–H groups in total. The van der Waals surface area contributed by atoms with Gasteiger partial charge >= 0.3 is 12.1 Å². The molecule has 0 aromatic heterocycles. The Kier molecular flexibility index (Phi) is 13.6. The molecule has 2 aromatic rings. The third kappa shape index (κ3) is 11.9. The summed E-state index contributed by atoms with van der Waals surface area (Å²) in [5, 5.41) is 5.72. The van der Waals surface area contributed by atoms with E-state index in [4.69, 9.17) is 9.47 Å². The number of alkyl carbamates (subject to hydrolysis) is 1. The maximum atomic E-state index is 14.5. The Morgan fingerprint density at radius 3 is 1.78 bits per heavy atom. The highest BCUT2D eigenvalue weighted by Crippen LogP contribution is 2.28. The van der Waals surface area contributed by atoms with Crippen molar-refractivity contribution >= 4 is 23.9 Å². The Hall–Kier alpha value is -3.88. The van der Waals surface area contributed by atoms with Crippen molar-refractivity contribution in [1.29, 1.82) is 0 Å². The van der Waals surface area contributed by atoms with Crippen molar-refractivity contribution in [3.05, 3.63) is 71.8 Å². The van der Waals surface area contributed by atoms with Crippen LogP contribution in [-0.4, -0.2) is 58.1 Å². The Labute approximate surface area is 269 Å². The first kappa shape index (κ1) is 37.3. The minimum absolute atomic E-state index is 0.204. The molecule has 0 saturated carbocycles. The summed E-state index contributed by atoms with van der Waals surface area (Å²) in [6.07, 6.45) is 0.636. The second-order valence-corrected chi connectivity index (χ2v) is 13.6. The maximum absolute atomic E-state index is 14.5. The first-order valence-electron chi connectivity index (χ1n) is 15.9. The lowest BCUT2D eigenvalue weighted by Gasteiger charge is -2.39. The van der Waals surface area contributed by atoms with Crippen LogP contribution in [0.3, 0.4) is 0 Å². The third-order valence-electron chi connectivity index (χ3n) is 7.40. The average molecular weight is 624 g/mol. The number of ether oxygens (including phenoxy) is 2. The molecule has 45 heavy (non-hydrogen) atoms. The summed E-state index contributed by atoms with van der Waals surface area (Å²) in [6, 6.07) is 14.9. The van der Waals surface area contributed by atoms with Gasteiger partial charge in [-0.3, -0.25) is 9.59 Å². The molecule has 2 aromatic carbocycles. The van der Waals surface area contributed by atoms with E-state index in [2.05, 4.69) is 10.6 Å². The Balaban J connectivity index is 2.60. The van der Waals surface area contributed by atoms with Crippen LogP contribution in [-0.2, 0) is 30.3 Å². The molecule has 0 aliphatic carbocycles. The standard InChI is InChI=1S/C36H53N3O6/c1-11-24(3)29(38-34(43)45-36(8,9)10)32(41)39(25(4)12-2)30(27-21-17-14-18-22-27)31(40)37-28(33(42)44-35(5,6)7)23-26-19-15-13-16-20-26/h13-22,24-25,28-30H,11-12,23H2,1-10H3,(H,37,40)(H,38,43). The van der Waals surface area contributed by atoms with Crippen LogP contribution in [0.1, 0.15) is 99.2 Å². The number of carbonyl (C=O) groups excluding carboxylic acids is 4. The minimum atomic E-state index is -1.10. The van der Waals surface area contributed by atoms with E-state index in [0.29, 0.717) is 18.4 Å². The number of hydrogen-bond donors (Lipinski definition) is 2. The maximum Gasteiger partial charge on any atom is 0.408 e. The van der Waals surface area contributed by atoms with Crippen molar-refractivity contribution in [3.8, 4) is 0 Å². The summed E-state index contributed by atoms with van der Waals surface area (Å²) in [5.74, 6) is -1.77. The highest BCUT2D eigenvalue weighted by Gasteiger charge is 2.41. The van der Waals surface area contributed by atoms with E-state index in [1.54, 1.807) is 65.8 Å². The van der Waals surface area contributed by atoms with E-state index in [0.717, 1.165) is 5.56 Å². The average Bonchev–Trinajstić information content (AvgIpc) is 2.96. The van der Waals surface area contributed by atoms with Crippen LogP contribution < -0.4 is 10.6 Å². The van der Waals surface area contributed by atoms with Gasteiger partial charge in [0.05, 0.1) is 0 Å². The second-order valence-electron chi connectivity index (χ2n) is 13.6. The Bertz CT molecular complexity index is 1250. The molecule has 248 valence electrons. The monoisotopic (exact) mass is 623 g/mol. The normalized spacial score (nSPS) is 15.1. The molecule has 9 heteroatoms. The molecule has 9 nitrogen and oxygen atoms in total. The van der Waals surface area contributed by atoms with E-state index >= 15 is 0 Å². The summed E-state index contributed by atoms with van der Waals surface area (Å²) in [7, 11) is 0. The molecular formula is C36H53N3O6. The predicted molar refractivity (Wildman–Crippen MR) is 176 cm³/mol. The van der Waals surface area contributed by atoms with Crippen LogP contribution in [0.5, 0.6) is 0 Å². The quantitative estimate of drug-likeness (QED) is 0.251. The van der Waals surface area contributed by atoms with Gasteiger partial charge in [0.15, 0.2) is 0 Å². The molecule has 0 saturated heterocycles. The Morgan fingerprint density at radius 2 is 1.29 bits per heavy atom. The lowest BCUT2D eigenvalue weighted by Crippen LogP contribution is -2.58. The zero-order chi connectivity index (χ0) is 33.9. The fourth-order valence-corrected chi connectivity index (χ4v) is 4.81. The highest BCUT2D eigenvalue weighted by atomic mass is 16.6. The SMILES string of the molecule is CCC(C)C(NC(=O)OC(C)(C)C)C(=O)N(C(C)CC)C(C(=O)NC(Cc1ccccc1)C(=O)OC(C)(C)C)c1ccccc1. The van der Waals surface area contributed by atoms with E-state index in [9.17, 15) is 19.2 Å². The smallest absolute Gasteiger partial charge is 0.408 e. The van der Waals surface area contributed by atoms with Gasteiger partial charge in [0.1, 0.15) is 29.3 Å². The molecular weight excluding hydrogens is 570 g/mol. The first-order chi connectivity index (χ1) is 21.0. The van der Waals surface area contributed by atoms with Crippen LogP contribution in [0.2, 0.25) is 0 Å². The fraction of sp³-hybridized carbons (Fsp3) is 0.556. The van der Waals surface area contributed by atoms with Crippen molar-refractivity contribution in [1.82, 2.24) is 15.5 Å². The molecule has 0 heterocycles. The number of esters is 1. The van der Waals surface area contributed by atoms with E-state index in [1.165, 1.54) is 4.90 Å². The lowest BCUT2D eigenvalue weighted by molar-refractivity contribution is -0.159. The van der Waals surface area contributed by atoms with Crippen LogP contribution >= 0.6 is 0 Å². The molecule has 3 amide bonds. The van der Waals surface area contributed by atoms with Crippen molar-refractivity contribution in [2.24, 2.45) is 5.92 Å². The summed E-state index contributed by atoms with van der Waals surface area (Å²) in [5.41, 5.74) is -0.110. The van der Waals surface area contributed by atoms with E-state index in [1.807, 2.05) is 64.1 Å². The molecule has 5 unspecified atom stereocenters. The zero-order valence-corrected chi connectivity index (χ0v) is 28.7. The number of hydrogen-bond acceptors (Lipinski definition) is 6. The van der Waals surface area contributed by atoms with Gasteiger partial charge in [0.2, 0.25) is 11.8 Å². The van der Waals surface area contributed by atoms with Crippen LogP contribution in [0.25, 0.3) is 0 Å². The predicted octanol–water partition coefficient (Wildman–Crippen LogP) is 6.36. The van der Waals surface area contributed by atoms with E-state index < -0.39 is 59.2 Å². The second kappa shape index (κ2) is 16.4. The van der Waals surface area contributed by atoms with Crippen molar-refractivity contribution < 1.29 is 28.7 Å². The van der Waals surface area contributed by atoms with Gasteiger partial charge in [0, 0.05) is 12.5 Å². The molecule has 0 fully saturated rings. The van der Waals surface area contributed by atoms with Gasteiger partial charge in [-0.1, -0.05) is 87.9 Å². The molecule has 2 rings (SSSR count). The van der Waals surface area contributed by atoms with Gasteiger partial charge in [0.25, 0.3) is 0 Å². The minimum Gasteiger partial charge on any atom is -0.458 e. The van der Waals surface area contributed by atoms with Crippen LogP contribution in [0, 0.1) is 5.92 Å². The zero-order valence-electron chi connectivity index (χ0n) is 28.7. The van der Waals surface area contributed by atoms with Gasteiger partial charge < -0.3 is 25.0 Å². The number of nitrogens with one attached hydrogen (secondary N) is 2. The third-order valence-corrected chi connectivity index (χ3v) is 7.40. The van der Waals surface area contributed by atoms with Crippen molar-refractivity contribution in [2.75, 3.05) is 0 Å². The van der Waals surface area contributed by atoms with Gasteiger partial charge in [-0.05, 0) is 71.9 Å². The molecule has 5 atom stereocenters. The van der Waals surface area contributed by atoms with Gasteiger partial charge in [-0.25, -0.2) is 9.59 Å². The largest absolute Gasteiger partial charge is 0.458 e. The summed E-state index contributed by atoms with van der Waals surface area (Å²) in [6.45, 7) is 18.2. The van der Waals surface area contributed by atoms with Crippen LogP contribution in [0.4, 0.5) is 4.79 Å². The number of rotatable bonds is 13. The number of nitrogens with zero attached hydrogens (tertiary/aromatic N) is 1. The van der Waals surface area contributed by atoms with Gasteiger partial charge in [-0.15, -0.1) is 0 Å². The van der Waals surface area contributed by atoms with Gasteiger partial charge in [-0.2, -0.15) is 0 Å². The highest BCUT2D eigenvalue weighted by molar-refractivity contribution is 5.94. The van der Waals surface area contributed by atoms with Crippen LogP contribution in [0.15, 0.2) is 60.7 Å². The number of carbonyl (C=O) groups is 4. The number of amides is 3. The van der Waals surface area contributed by atoms with E-state index in [-0.39, 0.29) is 12.3 Å². The summed E-state index contributed by atoms with van der Waals surface area (Å²) in [4.78, 5) is 56.9. The van der Waals surface area contributed by atoms with Crippen molar-refractivity contribution in [2.45, 2.75) is 124 Å². The molecule has 0 aliphatic heterocycles. The fourth-order valence-electron chi connectivity index (χ4n) is 4.81. The summed E-state index contributed by atoms with van der Waals surface area (Å²) < 4.78 is 11.2. The lowest BCUT2D eigenvalue weighted by atomic mass is 9.94. The topological polar surface area (TPSA) is 114 Å². The molecule has 0 spiro atoms. The molecule has 0 bridgehead atoms. The first-order valence-corrected chi connectivity index (χ1v) is 15.9. The number of benzene rings is 2. The van der Waals surface area contributed by atoms with Crippen molar-refractivity contribution in [3.63, 3.8) is 0 Å². The molecule has 0 aliphatic rings. The molecule has 0 radical (unpaired) electrons.